The van der Waals surface area contributed by atoms with Gasteiger partial charge >= 0.3 is 5.97 Å². The quantitative estimate of drug-likeness (QED) is 0.450. The van der Waals surface area contributed by atoms with Gasteiger partial charge in [0.15, 0.2) is 0 Å². The first-order chi connectivity index (χ1) is 15.5. The van der Waals surface area contributed by atoms with Crippen LogP contribution in [-0.4, -0.2) is 13.1 Å². The molecule has 2 N–H and O–H groups in total. The number of methoxy groups -OCH3 is 1. The van der Waals surface area contributed by atoms with Gasteiger partial charge in [0.05, 0.1) is 19.4 Å². The molecule has 0 aliphatic carbocycles. The number of nitrogens with zero attached hydrogens (tertiary/aromatic N) is 1. The number of esters is 1. The lowest BCUT2D eigenvalue weighted by Gasteiger charge is -2.27. The third kappa shape index (κ3) is 4.25. The summed E-state index contributed by atoms with van der Waals surface area (Å²) in [6.07, 6.45) is 0.102. The van der Waals surface area contributed by atoms with Gasteiger partial charge in [-0.15, -0.1) is 0 Å². The molecule has 0 aromatic heterocycles. The standard InChI is InChI=1S/C25H19ClN2O4/c1-30-16-8-6-15(7-9-16)12-23(29)31-17-10-11-19-22(13-17)32-25(28)20(14-27)24(19)18-4-2-3-5-21(18)26/h2-11,13,24H,12,28H2,1H3. The molecular formula is C25H19ClN2O4. The normalized spacial score (nSPS) is 14.7. The maximum Gasteiger partial charge on any atom is 0.315 e. The van der Waals surface area contributed by atoms with Crippen LogP contribution in [0.1, 0.15) is 22.6 Å². The summed E-state index contributed by atoms with van der Waals surface area (Å²) in [6, 6.07) is 21.6. The summed E-state index contributed by atoms with van der Waals surface area (Å²) in [6.45, 7) is 0. The fourth-order valence-corrected chi connectivity index (χ4v) is 3.85. The lowest BCUT2D eigenvalue weighted by atomic mass is 9.83. The number of benzene rings is 3. The van der Waals surface area contributed by atoms with E-state index in [1.165, 1.54) is 0 Å². The Labute approximate surface area is 190 Å². The Morgan fingerprint density at radius 3 is 2.50 bits per heavy atom. The summed E-state index contributed by atoms with van der Waals surface area (Å²) < 4.78 is 16.3. The summed E-state index contributed by atoms with van der Waals surface area (Å²) in [4.78, 5) is 12.4. The highest BCUT2D eigenvalue weighted by atomic mass is 35.5. The molecule has 0 bridgehead atoms. The molecule has 0 saturated heterocycles. The van der Waals surface area contributed by atoms with E-state index >= 15 is 0 Å². The molecule has 1 aliphatic rings. The van der Waals surface area contributed by atoms with Gasteiger partial charge in [-0.1, -0.05) is 48.0 Å². The number of carbonyl (C=O) groups excluding carboxylic acids is 1. The van der Waals surface area contributed by atoms with Crippen LogP contribution in [0.25, 0.3) is 0 Å². The minimum absolute atomic E-state index is 0.00775. The van der Waals surface area contributed by atoms with Gasteiger partial charge in [-0.25, -0.2) is 0 Å². The maximum absolute atomic E-state index is 12.4. The average Bonchev–Trinajstić information content (AvgIpc) is 2.79. The molecule has 160 valence electrons. The Kier molecular flexibility index (Phi) is 6.02. The Morgan fingerprint density at radius 1 is 1.09 bits per heavy atom. The van der Waals surface area contributed by atoms with Gasteiger partial charge < -0.3 is 19.9 Å². The van der Waals surface area contributed by atoms with Gasteiger partial charge in [-0.2, -0.15) is 5.26 Å². The molecule has 7 heteroatoms. The number of hydrogen-bond acceptors (Lipinski definition) is 6. The van der Waals surface area contributed by atoms with Crippen LogP contribution >= 0.6 is 11.6 Å². The molecule has 0 saturated carbocycles. The van der Waals surface area contributed by atoms with Gasteiger partial charge in [-0.05, 0) is 35.4 Å². The Hall–Kier alpha value is -3.95. The van der Waals surface area contributed by atoms with Crippen LogP contribution in [0, 0.1) is 11.3 Å². The second-order valence-electron chi connectivity index (χ2n) is 7.14. The van der Waals surface area contributed by atoms with Crippen LogP contribution in [0.5, 0.6) is 17.2 Å². The van der Waals surface area contributed by atoms with Gasteiger partial charge in [0.25, 0.3) is 0 Å². The van der Waals surface area contributed by atoms with Crippen molar-refractivity contribution in [2.45, 2.75) is 12.3 Å². The van der Waals surface area contributed by atoms with E-state index in [9.17, 15) is 10.1 Å². The third-order valence-corrected chi connectivity index (χ3v) is 5.49. The van der Waals surface area contributed by atoms with Crippen molar-refractivity contribution in [3.8, 4) is 23.3 Å². The molecule has 1 aliphatic heterocycles. The number of allylic oxidation sites excluding steroid dienone is 1. The van der Waals surface area contributed by atoms with Crippen molar-refractivity contribution < 1.29 is 19.0 Å². The number of rotatable bonds is 5. The summed E-state index contributed by atoms with van der Waals surface area (Å²) in [5.41, 5.74) is 8.55. The summed E-state index contributed by atoms with van der Waals surface area (Å²) in [5, 5.41) is 10.2. The smallest absolute Gasteiger partial charge is 0.315 e. The lowest BCUT2D eigenvalue weighted by Crippen LogP contribution is -2.21. The highest BCUT2D eigenvalue weighted by Gasteiger charge is 2.32. The molecule has 1 atom stereocenters. The van der Waals surface area contributed by atoms with E-state index in [-0.39, 0.29) is 17.9 Å². The van der Waals surface area contributed by atoms with Gasteiger partial charge in [-0.3, -0.25) is 4.79 Å². The second kappa shape index (κ2) is 9.04. The van der Waals surface area contributed by atoms with E-state index in [1.54, 1.807) is 55.6 Å². The summed E-state index contributed by atoms with van der Waals surface area (Å²) in [5.74, 6) is 0.516. The van der Waals surface area contributed by atoms with Crippen LogP contribution in [0.4, 0.5) is 0 Å². The number of carbonyl (C=O) groups is 1. The molecule has 4 rings (SSSR count). The molecule has 0 fully saturated rings. The van der Waals surface area contributed by atoms with Crippen LogP contribution in [0.2, 0.25) is 5.02 Å². The molecule has 1 heterocycles. The minimum Gasteiger partial charge on any atom is -0.497 e. The fraction of sp³-hybridized carbons (Fsp3) is 0.120. The Bertz CT molecular complexity index is 1250. The number of nitriles is 1. The predicted octanol–water partition coefficient (Wildman–Crippen LogP) is 4.71. The monoisotopic (exact) mass is 446 g/mol. The van der Waals surface area contributed by atoms with Crippen molar-refractivity contribution in [2.24, 2.45) is 5.73 Å². The fourth-order valence-electron chi connectivity index (χ4n) is 3.61. The summed E-state index contributed by atoms with van der Waals surface area (Å²) >= 11 is 6.40. The number of ether oxygens (including phenoxy) is 3. The van der Waals surface area contributed by atoms with Crippen LogP contribution < -0.4 is 19.9 Å². The topological polar surface area (TPSA) is 94.6 Å². The Morgan fingerprint density at radius 2 is 1.81 bits per heavy atom. The van der Waals surface area contributed by atoms with Crippen molar-refractivity contribution in [1.82, 2.24) is 0 Å². The highest BCUT2D eigenvalue weighted by Crippen LogP contribution is 2.45. The third-order valence-electron chi connectivity index (χ3n) is 5.15. The molecule has 6 nitrogen and oxygen atoms in total. The molecular weight excluding hydrogens is 428 g/mol. The van der Waals surface area contributed by atoms with Crippen molar-refractivity contribution in [2.75, 3.05) is 7.11 Å². The van der Waals surface area contributed by atoms with E-state index in [4.69, 9.17) is 31.5 Å². The van der Waals surface area contributed by atoms with Crippen molar-refractivity contribution in [3.63, 3.8) is 0 Å². The molecule has 32 heavy (non-hydrogen) atoms. The van der Waals surface area contributed by atoms with Crippen LogP contribution in [0.3, 0.4) is 0 Å². The van der Waals surface area contributed by atoms with E-state index in [0.29, 0.717) is 27.8 Å². The van der Waals surface area contributed by atoms with Gasteiger partial charge in [0.2, 0.25) is 5.88 Å². The zero-order chi connectivity index (χ0) is 22.7. The number of fused-ring (bicyclic) bond motifs is 1. The highest BCUT2D eigenvalue weighted by molar-refractivity contribution is 6.31. The van der Waals surface area contributed by atoms with Crippen molar-refractivity contribution >= 4 is 17.6 Å². The molecule has 0 spiro atoms. The first kappa shape index (κ1) is 21.3. The number of hydrogen-bond donors (Lipinski definition) is 1. The van der Waals surface area contributed by atoms with E-state index in [2.05, 4.69) is 6.07 Å². The lowest BCUT2D eigenvalue weighted by molar-refractivity contribution is -0.133. The maximum atomic E-state index is 12.4. The van der Waals surface area contributed by atoms with Gasteiger partial charge in [0.1, 0.15) is 28.9 Å². The first-order valence-electron chi connectivity index (χ1n) is 9.79. The van der Waals surface area contributed by atoms with Crippen LogP contribution in [0.15, 0.2) is 78.2 Å². The molecule has 0 radical (unpaired) electrons. The summed E-state index contributed by atoms with van der Waals surface area (Å²) in [7, 11) is 1.58. The predicted molar refractivity (Wildman–Crippen MR) is 120 cm³/mol. The zero-order valence-corrected chi connectivity index (χ0v) is 17.9. The van der Waals surface area contributed by atoms with E-state index in [0.717, 1.165) is 11.1 Å². The number of nitrogens with two attached hydrogens (primary N) is 1. The SMILES string of the molecule is COc1ccc(CC(=O)Oc2ccc3c(c2)OC(N)=C(C#N)C3c2ccccc2Cl)cc1. The molecule has 3 aromatic rings. The van der Waals surface area contributed by atoms with Gasteiger partial charge in [0, 0.05) is 16.7 Å². The first-order valence-corrected chi connectivity index (χ1v) is 10.2. The molecule has 3 aromatic carbocycles. The van der Waals surface area contributed by atoms with Crippen molar-refractivity contribution in [3.05, 3.63) is 99.9 Å². The van der Waals surface area contributed by atoms with Crippen molar-refractivity contribution in [1.29, 1.82) is 5.26 Å². The molecule has 0 amide bonds. The zero-order valence-electron chi connectivity index (χ0n) is 17.2. The Balaban J connectivity index is 1.59. The molecule has 1 unspecified atom stereocenters. The van der Waals surface area contributed by atoms with E-state index < -0.39 is 11.9 Å². The average molecular weight is 447 g/mol. The second-order valence-corrected chi connectivity index (χ2v) is 7.55. The van der Waals surface area contributed by atoms with Crippen LogP contribution in [-0.2, 0) is 11.2 Å². The minimum atomic E-state index is -0.485. The number of halogens is 1. The van der Waals surface area contributed by atoms with E-state index in [1.807, 2.05) is 18.2 Å². The largest absolute Gasteiger partial charge is 0.497 e.